The van der Waals surface area contributed by atoms with Crippen LogP contribution in [0.5, 0.6) is 0 Å². The maximum atomic E-state index is 12.5. The highest BCUT2D eigenvalue weighted by Crippen LogP contribution is 2.47. The summed E-state index contributed by atoms with van der Waals surface area (Å²) in [7, 11) is -5.08. The molecule has 14 heteroatoms. The Balaban J connectivity index is 2.33. The van der Waals surface area contributed by atoms with Gasteiger partial charge in [-0.05, 0) is 44.9 Å². The van der Waals surface area contributed by atoms with Crippen molar-refractivity contribution in [3.8, 4) is 0 Å². The van der Waals surface area contributed by atoms with Gasteiger partial charge in [-0.3, -0.25) is 18.6 Å². The molecular weight excluding hydrogens is 647 g/mol. The highest BCUT2D eigenvalue weighted by atomic mass is 31.2. The number of unbranched alkanes of at least 4 members (excludes halogenated alkanes) is 6. The molecule has 0 bridgehead atoms. The monoisotopic (exact) mass is 704 g/mol. The Morgan fingerprint density at radius 3 is 1.73 bits per heavy atom. The van der Waals surface area contributed by atoms with Gasteiger partial charge in [0.15, 0.2) is 6.10 Å². The molecule has 0 amide bonds. The Hall–Kier alpha value is -2.19. The summed E-state index contributed by atoms with van der Waals surface area (Å²) in [5.74, 6) is -1.22. The van der Waals surface area contributed by atoms with Gasteiger partial charge in [-0.15, -0.1) is 0 Å². The van der Waals surface area contributed by atoms with Gasteiger partial charge in [-0.25, -0.2) is 4.57 Å². The lowest BCUT2D eigenvalue weighted by molar-refractivity contribution is -0.220. The molecule has 0 aromatic rings. The quantitative estimate of drug-likeness (QED) is 0.0343. The predicted molar refractivity (Wildman–Crippen MR) is 179 cm³/mol. The van der Waals surface area contributed by atoms with Crippen LogP contribution in [-0.2, 0) is 32.7 Å². The summed E-state index contributed by atoms with van der Waals surface area (Å²) < 4.78 is 32.4. The summed E-state index contributed by atoms with van der Waals surface area (Å²) in [5, 5.41) is 49.4. The summed E-state index contributed by atoms with van der Waals surface area (Å²) in [4.78, 5) is 34.2. The molecule has 6 N–H and O–H groups in total. The van der Waals surface area contributed by atoms with Gasteiger partial charge in [0.2, 0.25) is 0 Å². The van der Waals surface area contributed by atoms with Crippen molar-refractivity contribution in [2.75, 3.05) is 13.2 Å². The molecule has 0 saturated heterocycles. The molecule has 0 aromatic heterocycles. The van der Waals surface area contributed by atoms with E-state index in [1.165, 1.54) is 0 Å². The number of ether oxygens (including phenoxy) is 2. The third-order valence-electron chi connectivity index (χ3n) is 7.49. The van der Waals surface area contributed by atoms with Gasteiger partial charge in [0.05, 0.1) is 6.61 Å². The van der Waals surface area contributed by atoms with Crippen LogP contribution in [0, 0.1) is 0 Å². The molecule has 48 heavy (non-hydrogen) atoms. The van der Waals surface area contributed by atoms with E-state index in [9.17, 15) is 44.6 Å². The Kier molecular flexibility index (Phi) is 23.5. The zero-order valence-electron chi connectivity index (χ0n) is 28.3. The van der Waals surface area contributed by atoms with Crippen LogP contribution in [0.25, 0.3) is 0 Å². The molecule has 1 rings (SSSR count). The Morgan fingerprint density at radius 1 is 0.667 bits per heavy atom. The van der Waals surface area contributed by atoms with Gasteiger partial charge in [-0.2, -0.15) is 0 Å². The molecule has 0 aliphatic heterocycles. The van der Waals surface area contributed by atoms with Crippen LogP contribution in [0.2, 0.25) is 0 Å². The summed E-state index contributed by atoms with van der Waals surface area (Å²) in [5.41, 5.74) is 0. The number of hydrogen-bond donors (Lipinski definition) is 6. The second kappa shape index (κ2) is 25.7. The normalized spacial score (nSPS) is 25.2. The third kappa shape index (κ3) is 19.1. The smallest absolute Gasteiger partial charge is 0.462 e. The minimum Gasteiger partial charge on any atom is -0.462 e. The van der Waals surface area contributed by atoms with Gasteiger partial charge in [0.1, 0.15) is 43.2 Å². The summed E-state index contributed by atoms with van der Waals surface area (Å²) in [6, 6.07) is 0. The molecule has 1 fully saturated rings. The van der Waals surface area contributed by atoms with E-state index < -0.39 is 75.7 Å². The van der Waals surface area contributed by atoms with Gasteiger partial charge < -0.3 is 39.9 Å². The number of rotatable bonds is 25. The second-order valence-electron chi connectivity index (χ2n) is 11.6. The van der Waals surface area contributed by atoms with Crippen molar-refractivity contribution in [2.45, 2.75) is 140 Å². The van der Waals surface area contributed by atoms with E-state index in [1.54, 1.807) is 6.92 Å². The first-order valence-corrected chi connectivity index (χ1v) is 18.4. The molecule has 1 aliphatic rings. The predicted octanol–water partition coefficient (Wildman–Crippen LogP) is 4.10. The minimum atomic E-state index is -5.08. The summed E-state index contributed by atoms with van der Waals surface area (Å²) in [6.45, 7) is 2.47. The van der Waals surface area contributed by atoms with Gasteiger partial charge in [-0.1, -0.05) is 88.1 Å². The van der Waals surface area contributed by atoms with E-state index in [0.717, 1.165) is 64.2 Å². The molecular formula is C34H57O13P. The zero-order valence-corrected chi connectivity index (χ0v) is 29.1. The Bertz CT molecular complexity index is 1040. The van der Waals surface area contributed by atoms with Gasteiger partial charge in [0.25, 0.3) is 0 Å². The van der Waals surface area contributed by atoms with Crippen molar-refractivity contribution in [2.24, 2.45) is 0 Å². The van der Waals surface area contributed by atoms with Crippen LogP contribution in [0.1, 0.15) is 97.3 Å². The number of aliphatic hydroxyl groups is 5. The number of carbonyl (C=O) groups excluding carboxylic acids is 2. The zero-order chi connectivity index (χ0) is 35.8. The van der Waals surface area contributed by atoms with Gasteiger partial charge in [0, 0.05) is 12.8 Å². The number of allylic oxidation sites excluding steroid dienone is 8. The fourth-order valence-electron chi connectivity index (χ4n) is 4.67. The second-order valence-corrected chi connectivity index (χ2v) is 13.0. The molecule has 6 atom stereocenters. The van der Waals surface area contributed by atoms with Crippen LogP contribution < -0.4 is 0 Å². The van der Waals surface area contributed by atoms with Crippen molar-refractivity contribution in [3.05, 3.63) is 48.6 Å². The highest BCUT2D eigenvalue weighted by Gasteiger charge is 2.51. The lowest BCUT2D eigenvalue weighted by Gasteiger charge is -2.41. The highest BCUT2D eigenvalue weighted by molar-refractivity contribution is 7.47. The number of aliphatic hydroxyl groups excluding tert-OH is 5. The number of carbonyl (C=O) groups is 2. The summed E-state index contributed by atoms with van der Waals surface area (Å²) >= 11 is 0. The lowest BCUT2D eigenvalue weighted by Crippen LogP contribution is -2.64. The molecule has 276 valence electrons. The maximum absolute atomic E-state index is 12.5. The Morgan fingerprint density at radius 2 is 1.17 bits per heavy atom. The molecule has 13 nitrogen and oxygen atoms in total. The molecule has 1 saturated carbocycles. The first-order valence-electron chi connectivity index (χ1n) is 16.9. The number of hydrogen-bond acceptors (Lipinski definition) is 12. The van der Waals surface area contributed by atoms with Crippen LogP contribution in [0.3, 0.4) is 0 Å². The SMILES string of the molecule is CC/C=C\C/C=C\C/C=C\C/C=C\CCCCCCCCC(=O)OC(COC(=O)CC)COP(=O)(O)OC1C(O)C(O)C(O)C(O)C1O. The molecule has 0 spiro atoms. The van der Waals surface area contributed by atoms with E-state index in [1.807, 2.05) is 0 Å². The number of phosphoric acid groups is 1. The minimum absolute atomic E-state index is 0.0422. The molecule has 0 heterocycles. The molecule has 6 unspecified atom stereocenters. The van der Waals surface area contributed by atoms with Crippen LogP contribution >= 0.6 is 7.82 Å². The van der Waals surface area contributed by atoms with E-state index in [-0.39, 0.29) is 12.8 Å². The van der Waals surface area contributed by atoms with E-state index in [2.05, 4.69) is 55.5 Å². The largest absolute Gasteiger partial charge is 0.472 e. The average molecular weight is 705 g/mol. The summed E-state index contributed by atoms with van der Waals surface area (Å²) in [6.07, 6.45) is 14.8. The first kappa shape index (κ1) is 43.8. The maximum Gasteiger partial charge on any atom is 0.472 e. The van der Waals surface area contributed by atoms with Crippen molar-refractivity contribution in [1.29, 1.82) is 0 Å². The topological polar surface area (TPSA) is 210 Å². The third-order valence-corrected chi connectivity index (χ3v) is 8.47. The molecule has 1 aliphatic carbocycles. The van der Waals surface area contributed by atoms with Crippen molar-refractivity contribution >= 4 is 19.8 Å². The van der Waals surface area contributed by atoms with Crippen molar-refractivity contribution < 1.29 is 63.1 Å². The molecule has 0 radical (unpaired) electrons. The Labute approximate surface area is 284 Å². The lowest BCUT2D eigenvalue weighted by atomic mass is 9.85. The van der Waals surface area contributed by atoms with E-state index >= 15 is 0 Å². The molecule has 0 aromatic carbocycles. The number of phosphoric ester groups is 1. The fraction of sp³-hybridized carbons (Fsp3) is 0.706. The van der Waals surface area contributed by atoms with Crippen LogP contribution in [0.15, 0.2) is 48.6 Å². The van der Waals surface area contributed by atoms with Crippen LogP contribution in [0.4, 0.5) is 0 Å². The number of esters is 2. The van der Waals surface area contributed by atoms with Gasteiger partial charge >= 0.3 is 19.8 Å². The van der Waals surface area contributed by atoms with Crippen molar-refractivity contribution in [1.82, 2.24) is 0 Å². The fourth-order valence-corrected chi connectivity index (χ4v) is 5.64. The van der Waals surface area contributed by atoms with Crippen LogP contribution in [-0.4, -0.2) is 98.3 Å². The van der Waals surface area contributed by atoms with Crippen molar-refractivity contribution in [3.63, 3.8) is 0 Å². The first-order chi connectivity index (χ1) is 22.9. The van der Waals surface area contributed by atoms with E-state index in [4.69, 9.17) is 18.5 Å². The average Bonchev–Trinajstić information content (AvgIpc) is 3.06. The van der Waals surface area contributed by atoms with E-state index in [0.29, 0.717) is 6.42 Å². The standard InChI is InChI=1S/C34H57O13P/c1-3-5-6-7-8-9-10-11-12-13-14-15-16-17-18-19-20-21-22-23-28(36)46-26(24-44-27(35)4-2)25-45-48(42,43)47-34-32(40)30(38)29(37)31(39)33(34)41/h5-6,8-9,11-12,14-15,26,29-34,37-41H,3-4,7,10,13,16-25H2,1-2H3,(H,42,43)/b6-5-,9-8-,12-11-,15-14-.